The quantitative estimate of drug-likeness (QED) is 0.765. The first-order chi connectivity index (χ1) is 7.75. The Morgan fingerprint density at radius 1 is 1.24 bits per heavy atom. The molecule has 0 radical (unpaired) electrons. The second kappa shape index (κ2) is 4.91. The standard InChI is InChI=1S/C8H6Cl2N2O4S/c9-4-2-1-3-5(6(4)10)17(15,16)12-8(14)7(11)13/h1-3H,(H2,11,13)(H,12,14). The van der Waals surface area contributed by atoms with Gasteiger partial charge in [-0.3, -0.25) is 9.59 Å². The molecule has 2 amide bonds. The first-order valence-corrected chi connectivity index (χ1v) is 6.30. The van der Waals surface area contributed by atoms with E-state index in [2.05, 4.69) is 5.73 Å². The van der Waals surface area contributed by atoms with Crippen LogP contribution < -0.4 is 10.5 Å². The van der Waals surface area contributed by atoms with Gasteiger partial charge in [0, 0.05) is 0 Å². The number of halogens is 2. The van der Waals surface area contributed by atoms with E-state index >= 15 is 0 Å². The van der Waals surface area contributed by atoms with E-state index in [9.17, 15) is 18.0 Å². The Morgan fingerprint density at radius 2 is 1.82 bits per heavy atom. The largest absolute Gasteiger partial charge is 0.361 e. The van der Waals surface area contributed by atoms with E-state index in [1.165, 1.54) is 16.9 Å². The van der Waals surface area contributed by atoms with Crippen molar-refractivity contribution >= 4 is 45.0 Å². The number of hydrogen-bond acceptors (Lipinski definition) is 4. The molecule has 0 bridgehead atoms. The summed E-state index contributed by atoms with van der Waals surface area (Å²) in [5.41, 5.74) is 4.61. The van der Waals surface area contributed by atoms with Crippen molar-refractivity contribution < 1.29 is 18.0 Å². The van der Waals surface area contributed by atoms with E-state index in [0.29, 0.717) is 0 Å². The molecule has 9 heteroatoms. The Hall–Kier alpha value is -1.31. The predicted octanol–water partition coefficient (Wildman–Crippen LogP) is 0.284. The number of nitrogens with two attached hydrogens (primary N) is 1. The van der Waals surface area contributed by atoms with Crippen LogP contribution in [-0.4, -0.2) is 20.2 Å². The molecule has 0 saturated carbocycles. The summed E-state index contributed by atoms with van der Waals surface area (Å²) in [6.45, 7) is 0. The Bertz CT molecular complexity index is 585. The van der Waals surface area contributed by atoms with Crippen molar-refractivity contribution in [3.05, 3.63) is 28.2 Å². The molecule has 0 spiro atoms. The van der Waals surface area contributed by atoms with Crippen LogP contribution in [0.15, 0.2) is 23.1 Å². The smallest absolute Gasteiger partial charge is 0.322 e. The molecule has 0 aliphatic heterocycles. The molecule has 6 nitrogen and oxygen atoms in total. The van der Waals surface area contributed by atoms with Gasteiger partial charge in [-0.1, -0.05) is 29.3 Å². The second-order valence-electron chi connectivity index (χ2n) is 2.85. The summed E-state index contributed by atoms with van der Waals surface area (Å²) < 4.78 is 24.7. The third-order valence-corrected chi connectivity index (χ3v) is 3.96. The molecule has 0 aliphatic rings. The van der Waals surface area contributed by atoms with Crippen molar-refractivity contribution in [1.29, 1.82) is 0 Å². The number of amides is 2. The maximum Gasteiger partial charge on any atom is 0.322 e. The van der Waals surface area contributed by atoms with Crippen LogP contribution in [0.25, 0.3) is 0 Å². The molecule has 0 atom stereocenters. The van der Waals surface area contributed by atoms with Gasteiger partial charge in [-0.05, 0) is 12.1 Å². The zero-order valence-electron chi connectivity index (χ0n) is 8.11. The Labute approximate surface area is 107 Å². The molecular formula is C8H6Cl2N2O4S. The Balaban J connectivity index is 3.19. The van der Waals surface area contributed by atoms with Crippen LogP contribution in [0.2, 0.25) is 10.0 Å². The lowest BCUT2D eigenvalue weighted by molar-refractivity contribution is -0.136. The SMILES string of the molecule is NC(=O)C(=O)NS(=O)(=O)c1cccc(Cl)c1Cl. The Morgan fingerprint density at radius 3 is 2.35 bits per heavy atom. The fourth-order valence-electron chi connectivity index (χ4n) is 0.919. The highest BCUT2D eigenvalue weighted by Crippen LogP contribution is 2.28. The van der Waals surface area contributed by atoms with Crippen molar-refractivity contribution in [3.63, 3.8) is 0 Å². The van der Waals surface area contributed by atoms with Crippen molar-refractivity contribution in [1.82, 2.24) is 4.72 Å². The molecule has 3 N–H and O–H groups in total. The van der Waals surface area contributed by atoms with Gasteiger partial charge >= 0.3 is 11.8 Å². The Kier molecular flexibility index (Phi) is 3.97. The molecule has 92 valence electrons. The molecule has 0 aromatic heterocycles. The van der Waals surface area contributed by atoms with Gasteiger partial charge in [0.25, 0.3) is 10.0 Å². The van der Waals surface area contributed by atoms with Crippen LogP contribution in [0.5, 0.6) is 0 Å². The molecule has 0 fully saturated rings. The van der Waals surface area contributed by atoms with Crippen LogP contribution >= 0.6 is 23.2 Å². The highest BCUT2D eigenvalue weighted by atomic mass is 35.5. The summed E-state index contributed by atoms with van der Waals surface area (Å²) in [6, 6.07) is 3.83. The number of carbonyl (C=O) groups is 2. The average Bonchev–Trinajstić information content (AvgIpc) is 2.21. The van der Waals surface area contributed by atoms with Crippen LogP contribution in [0.4, 0.5) is 0 Å². The molecular weight excluding hydrogens is 291 g/mol. The number of rotatable bonds is 2. The van der Waals surface area contributed by atoms with Crippen molar-refractivity contribution in [2.45, 2.75) is 4.90 Å². The normalized spacial score (nSPS) is 10.9. The van der Waals surface area contributed by atoms with E-state index in [-0.39, 0.29) is 10.0 Å². The maximum atomic E-state index is 11.6. The van der Waals surface area contributed by atoms with Gasteiger partial charge in [0.05, 0.1) is 10.0 Å². The molecule has 1 aromatic rings. The predicted molar refractivity (Wildman–Crippen MR) is 61.0 cm³/mol. The van der Waals surface area contributed by atoms with Gasteiger partial charge in [-0.2, -0.15) is 0 Å². The van der Waals surface area contributed by atoms with Crippen molar-refractivity contribution in [3.8, 4) is 0 Å². The van der Waals surface area contributed by atoms with E-state index in [1.54, 1.807) is 0 Å². The number of benzene rings is 1. The first kappa shape index (κ1) is 13.8. The van der Waals surface area contributed by atoms with E-state index in [0.717, 1.165) is 6.07 Å². The van der Waals surface area contributed by atoms with Gasteiger partial charge in [0.1, 0.15) is 4.90 Å². The summed E-state index contributed by atoms with van der Waals surface area (Å²) in [4.78, 5) is 20.9. The third kappa shape index (κ3) is 3.09. The first-order valence-electron chi connectivity index (χ1n) is 4.06. The zero-order valence-corrected chi connectivity index (χ0v) is 10.4. The van der Waals surface area contributed by atoms with Crippen molar-refractivity contribution in [2.75, 3.05) is 0 Å². The van der Waals surface area contributed by atoms with Crippen molar-refractivity contribution in [2.24, 2.45) is 5.73 Å². The lowest BCUT2D eigenvalue weighted by Gasteiger charge is -2.07. The molecule has 0 aliphatic carbocycles. The minimum absolute atomic E-state index is 0.000987. The molecule has 0 saturated heterocycles. The fraction of sp³-hybridized carbons (Fsp3) is 0. The summed E-state index contributed by atoms with van der Waals surface area (Å²) in [6.07, 6.45) is 0. The second-order valence-corrected chi connectivity index (χ2v) is 5.29. The average molecular weight is 297 g/mol. The van der Waals surface area contributed by atoms with Gasteiger partial charge in [-0.15, -0.1) is 0 Å². The number of carbonyl (C=O) groups excluding carboxylic acids is 2. The number of sulfonamides is 1. The van der Waals surface area contributed by atoms with Gasteiger partial charge in [0.2, 0.25) is 0 Å². The third-order valence-electron chi connectivity index (χ3n) is 1.66. The minimum atomic E-state index is -4.27. The summed E-state index contributed by atoms with van der Waals surface area (Å²) in [5, 5.41) is -0.250. The lowest BCUT2D eigenvalue weighted by atomic mass is 10.4. The van der Waals surface area contributed by atoms with Crippen LogP contribution in [0.3, 0.4) is 0 Å². The molecule has 0 unspecified atom stereocenters. The van der Waals surface area contributed by atoms with Gasteiger partial charge in [0.15, 0.2) is 0 Å². The van der Waals surface area contributed by atoms with E-state index < -0.39 is 26.7 Å². The maximum absolute atomic E-state index is 11.6. The number of hydrogen-bond donors (Lipinski definition) is 2. The van der Waals surface area contributed by atoms with Gasteiger partial charge < -0.3 is 5.73 Å². The fourth-order valence-corrected chi connectivity index (χ4v) is 2.64. The van der Waals surface area contributed by atoms with Crippen LogP contribution in [0, 0.1) is 0 Å². The minimum Gasteiger partial charge on any atom is -0.361 e. The summed E-state index contributed by atoms with van der Waals surface area (Å²) in [5.74, 6) is -2.88. The van der Waals surface area contributed by atoms with E-state index in [4.69, 9.17) is 23.2 Å². The molecule has 1 aromatic carbocycles. The van der Waals surface area contributed by atoms with E-state index in [1.807, 2.05) is 0 Å². The van der Waals surface area contributed by atoms with Crippen LogP contribution in [0.1, 0.15) is 0 Å². The molecule has 0 heterocycles. The highest BCUT2D eigenvalue weighted by molar-refractivity contribution is 7.90. The van der Waals surface area contributed by atoms with Gasteiger partial charge in [-0.25, -0.2) is 13.1 Å². The monoisotopic (exact) mass is 296 g/mol. The topological polar surface area (TPSA) is 106 Å². The molecule has 1 rings (SSSR count). The summed E-state index contributed by atoms with van der Waals surface area (Å²) in [7, 11) is -4.27. The zero-order chi connectivity index (χ0) is 13.2. The summed E-state index contributed by atoms with van der Waals surface area (Å²) >= 11 is 11.3. The number of nitrogens with one attached hydrogen (secondary N) is 1. The lowest BCUT2D eigenvalue weighted by Crippen LogP contribution is -2.39. The highest BCUT2D eigenvalue weighted by Gasteiger charge is 2.23. The number of primary amides is 1. The molecule has 17 heavy (non-hydrogen) atoms. The van der Waals surface area contributed by atoms with Crippen LogP contribution in [-0.2, 0) is 19.6 Å².